The van der Waals surface area contributed by atoms with Gasteiger partial charge in [0.15, 0.2) is 6.61 Å². The number of nitrogens with zero attached hydrogens (tertiary/aromatic N) is 1. The number of esters is 1. The lowest BCUT2D eigenvalue weighted by molar-refractivity contribution is -0.136. The largest absolute Gasteiger partial charge is 0.454 e. The van der Waals surface area contributed by atoms with Crippen LogP contribution in [0, 0.1) is 13.8 Å². The third-order valence-corrected chi connectivity index (χ3v) is 5.29. The Hall–Kier alpha value is -2.18. The van der Waals surface area contributed by atoms with E-state index in [0.29, 0.717) is 5.56 Å². The summed E-state index contributed by atoms with van der Waals surface area (Å²) in [6.45, 7) is 5.22. The maximum atomic E-state index is 12.5. The molecule has 0 aliphatic carbocycles. The highest BCUT2D eigenvalue weighted by atomic mass is 32.1. The number of hydrogen-bond donors (Lipinski definition) is 0. The first-order valence-electron chi connectivity index (χ1n) is 8.73. The summed E-state index contributed by atoms with van der Waals surface area (Å²) in [5, 5.41) is 3.86. The molecule has 0 unspecified atom stereocenters. The van der Waals surface area contributed by atoms with Crippen LogP contribution in [0.2, 0.25) is 0 Å². The van der Waals surface area contributed by atoms with Gasteiger partial charge >= 0.3 is 5.97 Å². The van der Waals surface area contributed by atoms with Crippen molar-refractivity contribution in [2.45, 2.75) is 39.3 Å². The second kappa shape index (κ2) is 8.47. The van der Waals surface area contributed by atoms with E-state index < -0.39 is 5.97 Å². The number of ketones is 1. The van der Waals surface area contributed by atoms with Crippen LogP contribution in [-0.4, -0.2) is 35.6 Å². The molecule has 26 heavy (non-hydrogen) atoms. The van der Waals surface area contributed by atoms with E-state index in [9.17, 15) is 9.59 Å². The van der Waals surface area contributed by atoms with Gasteiger partial charge in [-0.15, -0.1) is 0 Å². The molecule has 0 radical (unpaired) electrons. The van der Waals surface area contributed by atoms with Gasteiger partial charge in [-0.25, -0.2) is 4.79 Å². The molecule has 1 fully saturated rings. The van der Waals surface area contributed by atoms with Gasteiger partial charge in [0.25, 0.3) is 0 Å². The second-order valence-corrected chi connectivity index (χ2v) is 7.23. The van der Waals surface area contributed by atoms with Gasteiger partial charge in [-0.3, -0.25) is 4.79 Å². The molecule has 0 amide bonds. The normalized spacial score (nSPS) is 17.1. The van der Waals surface area contributed by atoms with Gasteiger partial charge in [0.1, 0.15) is 0 Å². The van der Waals surface area contributed by atoms with Crippen molar-refractivity contribution < 1.29 is 19.1 Å². The zero-order valence-electron chi connectivity index (χ0n) is 15.1. The van der Waals surface area contributed by atoms with Gasteiger partial charge < -0.3 is 14.0 Å². The molecular formula is C20H23NO4S. The molecule has 0 saturated carbocycles. The minimum Gasteiger partial charge on any atom is -0.454 e. The SMILES string of the molecule is Cc1cc(C(=O)COC(=O)/C=C/c2ccsc2)c(C)n1C[C@H]1CCCO1. The molecule has 5 nitrogen and oxygen atoms in total. The number of rotatable bonds is 7. The summed E-state index contributed by atoms with van der Waals surface area (Å²) in [6.07, 6.45) is 5.37. The van der Waals surface area contributed by atoms with Crippen LogP contribution in [0.15, 0.2) is 29.0 Å². The van der Waals surface area contributed by atoms with E-state index in [2.05, 4.69) is 4.57 Å². The molecule has 3 heterocycles. The Morgan fingerprint density at radius 2 is 2.27 bits per heavy atom. The lowest BCUT2D eigenvalue weighted by Crippen LogP contribution is -2.18. The van der Waals surface area contributed by atoms with Crippen molar-refractivity contribution in [1.29, 1.82) is 0 Å². The van der Waals surface area contributed by atoms with E-state index >= 15 is 0 Å². The fraction of sp³-hybridized carbons (Fsp3) is 0.400. The smallest absolute Gasteiger partial charge is 0.331 e. The molecule has 138 valence electrons. The van der Waals surface area contributed by atoms with E-state index in [1.54, 1.807) is 17.4 Å². The van der Waals surface area contributed by atoms with Crippen LogP contribution in [0.1, 0.15) is 40.2 Å². The number of carbonyl (C=O) groups excluding carboxylic acids is 2. The molecule has 3 rings (SSSR count). The average Bonchev–Trinajstić information content (AvgIpc) is 3.37. The first-order chi connectivity index (χ1) is 12.5. The molecular weight excluding hydrogens is 350 g/mol. The highest BCUT2D eigenvalue weighted by molar-refractivity contribution is 7.08. The molecule has 2 aromatic heterocycles. The van der Waals surface area contributed by atoms with Crippen molar-refractivity contribution in [3.05, 3.63) is 51.5 Å². The average molecular weight is 373 g/mol. The number of carbonyl (C=O) groups is 2. The summed E-state index contributed by atoms with van der Waals surface area (Å²) in [6, 6.07) is 3.77. The Labute approximate surface area is 157 Å². The van der Waals surface area contributed by atoms with E-state index in [4.69, 9.17) is 9.47 Å². The molecule has 1 aliphatic rings. The van der Waals surface area contributed by atoms with Gasteiger partial charge in [0.05, 0.1) is 6.10 Å². The molecule has 1 atom stereocenters. The predicted octanol–water partition coefficient (Wildman–Crippen LogP) is 3.78. The molecule has 1 aliphatic heterocycles. The number of hydrogen-bond acceptors (Lipinski definition) is 5. The molecule has 6 heteroatoms. The second-order valence-electron chi connectivity index (χ2n) is 6.45. The Balaban J connectivity index is 1.58. The van der Waals surface area contributed by atoms with Gasteiger partial charge in [0.2, 0.25) is 5.78 Å². The summed E-state index contributed by atoms with van der Waals surface area (Å²) in [4.78, 5) is 24.2. The van der Waals surface area contributed by atoms with Crippen LogP contribution in [0.3, 0.4) is 0 Å². The number of thiophene rings is 1. The summed E-state index contributed by atoms with van der Waals surface area (Å²) in [5.74, 6) is -0.702. The number of ether oxygens (including phenoxy) is 2. The molecule has 0 N–H and O–H groups in total. The number of aromatic nitrogens is 1. The van der Waals surface area contributed by atoms with E-state index in [1.807, 2.05) is 36.7 Å². The molecule has 0 bridgehead atoms. The fourth-order valence-corrected chi connectivity index (χ4v) is 3.78. The number of Topliss-reactive ketones (excluding diaryl/α,β-unsaturated/α-hetero) is 1. The highest BCUT2D eigenvalue weighted by Gasteiger charge is 2.21. The van der Waals surface area contributed by atoms with Crippen molar-refractivity contribution in [2.24, 2.45) is 0 Å². The monoisotopic (exact) mass is 373 g/mol. The van der Waals surface area contributed by atoms with Gasteiger partial charge in [-0.1, -0.05) is 0 Å². The van der Waals surface area contributed by atoms with Crippen LogP contribution in [0.25, 0.3) is 6.08 Å². The lowest BCUT2D eigenvalue weighted by Gasteiger charge is -2.14. The van der Waals surface area contributed by atoms with Gasteiger partial charge in [-0.05, 0) is 61.2 Å². The van der Waals surface area contributed by atoms with Gasteiger partial charge in [-0.2, -0.15) is 11.3 Å². The maximum absolute atomic E-state index is 12.5. The molecule has 0 aromatic carbocycles. The predicted molar refractivity (Wildman–Crippen MR) is 102 cm³/mol. The molecule has 0 spiro atoms. The Bertz CT molecular complexity index is 798. The van der Waals surface area contributed by atoms with Crippen molar-refractivity contribution in [3.8, 4) is 0 Å². The van der Waals surface area contributed by atoms with Crippen molar-refractivity contribution in [1.82, 2.24) is 4.57 Å². The maximum Gasteiger partial charge on any atom is 0.331 e. The third-order valence-electron chi connectivity index (χ3n) is 4.58. The van der Waals surface area contributed by atoms with Crippen LogP contribution in [0.4, 0.5) is 0 Å². The first kappa shape index (κ1) is 18.6. The van der Waals surface area contributed by atoms with Crippen molar-refractivity contribution in [3.63, 3.8) is 0 Å². The highest BCUT2D eigenvalue weighted by Crippen LogP contribution is 2.20. The summed E-state index contributed by atoms with van der Waals surface area (Å²) in [5.41, 5.74) is 3.46. The van der Waals surface area contributed by atoms with Crippen LogP contribution < -0.4 is 0 Å². The standard InChI is InChI=1S/C20H23NO4S/c1-14-10-18(15(2)21(14)11-17-4-3-8-24-17)19(22)12-25-20(23)6-5-16-7-9-26-13-16/h5-7,9-10,13,17H,3-4,8,11-12H2,1-2H3/b6-5+/t17-/m1/s1. The van der Waals surface area contributed by atoms with E-state index in [0.717, 1.165) is 42.9 Å². The number of aryl methyl sites for hydroxylation is 1. The minimum atomic E-state index is -0.516. The summed E-state index contributed by atoms with van der Waals surface area (Å²) < 4.78 is 12.9. The summed E-state index contributed by atoms with van der Waals surface area (Å²) in [7, 11) is 0. The zero-order chi connectivity index (χ0) is 18.5. The molecule has 1 saturated heterocycles. The van der Waals surface area contributed by atoms with Crippen LogP contribution >= 0.6 is 11.3 Å². The topological polar surface area (TPSA) is 57.5 Å². The Morgan fingerprint density at radius 3 is 2.96 bits per heavy atom. The fourth-order valence-electron chi connectivity index (χ4n) is 3.15. The van der Waals surface area contributed by atoms with Gasteiger partial charge in [0, 0.05) is 36.2 Å². The minimum absolute atomic E-state index is 0.186. The quantitative estimate of drug-likeness (QED) is 0.421. The van der Waals surface area contributed by atoms with Crippen LogP contribution in [0.5, 0.6) is 0 Å². The third kappa shape index (κ3) is 4.51. The van der Waals surface area contributed by atoms with Crippen LogP contribution in [-0.2, 0) is 20.8 Å². The zero-order valence-corrected chi connectivity index (χ0v) is 15.9. The van der Waals surface area contributed by atoms with E-state index in [1.165, 1.54) is 6.08 Å². The Morgan fingerprint density at radius 1 is 1.42 bits per heavy atom. The Kier molecular flexibility index (Phi) is 6.06. The molecule has 2 aromatic rings. The lowest BCUT2D eigenvalue weighted by atomic mass is 10.1. The first-order valence-corrected chi connectivity index (χ1v) is 9.67. The summed E-state index contributed by atoms with van der Waals surface area (Å²) >= 11 is 1.55. The van der Waals surface area contributed by atoms with E-state index in [-0.39, 0.29) is 18.5 Å². The van der Waals surface area contributed by atoms with Crippen molar-refractivity contribution >= 4 is 29.2 Å². The van der Waals surface area contributed by atoms with Crippen molar-refractivity contribution in [2.75, 3.05) is 13.2 Å².